The van der Waals surface area contributed by atoms with Gasteiger partial charge in [-0.05, 0) is 30.3 Å². The van der Waals surface area contributed by atoms with Crippen molar-refractivity contribution >= 4 is 40.5 Å². The number of nitrogen functional groups attached to an aromatic ring is 1. The Balaban J connectivity index is 2.26. The van der Waals surface area contributed by atoms with E-state index in [0.717, 1.165) is 0 Å². The summed E-state index contributed by atoms with van der Waals surface area (Å²) in [6.45, 7) is 0. The van der Waals surface area contributed by atoms with E-state index in [1.807, 2.05) is 0 Å². The number of rotatable bonds is 4. The van der Waals surface area contributed by atoms with E-state index >= 15 is 0 Å². The van der Waals surface area contributed by atoms with Gasteiger partial charge >= 0.3 is 0 Å². The van der Waals surface area contributed by atoms with Crippen molar-refractivity contribution in [2.75, 3.05) is 25.3 Å². The van der Waals surface area contributed by atoms with Crippen LogP contribution in [0.5, 0.6) is 11.5 Å². The SMILES string of the molecule is COc1ccc(C(=O)Nc2cc(Cl)c(N)c(Cl)c2)cc1OC. The summed E-state index contributed by atoms with van der Waals surface area (Å²) < 4.78 is 10.3. The molecule has 0 heterocycles. The summed E-state index contributed by atoms with van der Waals surface area (Å²) >= 11 is 11.9. The van der Waals surface area contributed by atoms with Crippen LogP contribution in [0, 0.1) is 0 Å². The Morgan fingerprint density at radius 2 is 1.64 bits per heavy atom. The van der Waals surface area contributed by atoms with Crippen molar-refractivity contribution in [3.63, 3.8) is 0 Å². The molecule has 0 spiro atoms. The zero-order chi connectivity index (χ0) is 16.3. The fraction of sp³-hybridized carbons (Fsp3) is 0.133. The number of ether oxygens (including phenoxy) is 2. The normalized spacial score (nSPS) is 10.2. The van der Waals surface area contributed by atoms with Crippen LogP contribution in [-0.2, 0) is 0 Å². The van der Waals surface area contributed by atoms with E-state index in [2.05, 4.69) is 5.32 Å². The van der Waals surface area contributed by atoms with Gasteiger partial charge in [0.05, 0.1) is 30.0 Å². The van der Waals surface area contributed by atoms with Gasteiger partial charge in [0.2, 0.25) is 0 Å². The lowest BCUT2D eigenvalue weighted by Gasteiger charge is -2.11. The van der Waals surface area contributed by atoms with Crippen LogP contribution in [0.25, 0.3) is 0 Å². The zero-order valence-corrected chi connectivity index (χ0v) is 13.5. The third kappa shape index (κ3) is 3.37. The van der Waals surface area contributed by atoms with Crippen molar-refractivity contribution in [1.29, 1.82) is 0 Å². The molecule has 0 aliphatic carbocycles. The fourth-order valence-electron chi connectivity index (χ4n) is 1.84. The second-order valence-electron chi connectivity index (χ2n) is 4.38. The Kier molecular flexibility index (Phi) is 5.00. The van der Waals surface area contributed by atoms with E-state index in [1.165, 1.54) is 26.4 Å². The lowest BCUT2D eigenvalue weighted by atomic mass is 10.1. The van der Waals surface area contributed by atoms with Crippen LogP contribution in [0.1, 0.15) is 10.4 Å². The summed E-state index contributed by atoms with van der Waals surface area (Å²) in [5.41, 5.74) is 6.78. The molecule has 5 nitrogen and oxygen atoms in total. The van der Waals surface area contributed by atoms with E-state index in [4.69, 9.17) is 38.4 Å². The minimum atomic E-state index is -0.335. The van der Waals surface area contributed by atoms with Gasteiger partial charge in [-0.1, -0.05) is 23.2 Å². The highest BCUT2D eigenvalue weighted by molar-refractivity contribution is 6.39. The number of hydrogen-bond donors (Lipinski definition) is 2. The summed E-state index contributed by atoms with van der Waals surface area (Å²) in [6, 6.07) is 7.91. The minimum absolute atomic E-state index is 0.271. The maximum Gasteiger partial charge on any atom is 0.255 e. The molecule has 0 bridgehead atoms. The van der Waals surface area contributed by atoms with Crippen molar-refractivity contribution in [3.05, 3.63) is 45.9 Å². The zero-order valence-electron chi connectivity index (χ0n) is 11.9. The first-order chi connectivity index (χ1) is 10.5. The van der Waals surface area contributed by atoms with Gasteiger partial charge in [-0.3, -0.25) is 4.79 Å². The largest absolute Gasteiger partial charge is 0.493 e. The molecule has 0 aliphatic rings. The number of nitrogens with two attached hydrogens (primary N) is 1. The highest BCUT2D eigenvalue weighted by Crippen LogP contribution is 2.32. The molecule has 1 amide bonds. The van der Waals surface area contributed by atoms with Crippen LogP contribution in [-0.4, -0.2) is 20.1 Å². The Labute approximate surface area is 137 Å². The standard InChI is InChI=1S/C15H14Cl2N2O3/c1-21-12-4-3-8(5-13(12)22-2)15(20)19-9-6-10(16)14(18)11(17)7-9/h3-7H,18H2,1-2H3,(H,19,20). The first-order valence-electron chi connectivity index (χ1n) is 6.24. The van der Waals surface area contributed by atoms with E-state index in [-0.39, 0.29) is 21.6 Å². The molecule has 2 aromatic rings. The lowest BCUT2D eigenvalue weighted by molar-refractivity contribution is 0.102. The van der Waals surface area contributed by atoms with Gasteiger partial charge in [0.15, 0.2) is 11.5 Å². The van der Waals surface area contributed by atoms with Gasteiger partial charge in [-0.25, -0.2) is 0 Å². The van der Waals surface area contributed by atoms with Gasteiger partial charge in [0.25, 0.3) is 5.91 Å². The molecule has 0 aromatic heterocycles. The fourth-order valence-corrected chi connectivity index (χ4v) is 2.32. The molecule has 0 atom stereocenters. The van der Waals surface area contributed by atoms with E-state index in [1.54, 1.807) is 18.2 Å². The Hall–Kier alpha value is -2.11. The molecule has 0 aliphatic heterocycles. The number of anilines is 2. The molecule has 0 radical (unpaired) electrons. The lowest BCUT2D eigenvalue weighted by Crippen LogP contribution is -2.12. The number of carbonyl (C=O) groups excluding carboxylic acids is 1. The summed E-state index contributed by atoms with van der Waals surface area (Å²) in [5, 5.41) is 3.24. The summed E-state index contributed by atoms with van der Waals surface area (Å²) in [4.78, 5) is 12.3. The van der Waals surface area contributed by atoms with Gasteiger partial charge in [-0.2, -0.15) is 0 Å². The predicted molar refractivity (Wildman–Crippen MR) is 88.4 cm³/mol. The van der Waals surface area contributed by atoms with Gasteiger partial charge in [-0.15, -0.1) is 0 Å². The highest BCUT2D eigenvalue weighted by atomic mass is 35.5. The Morgan fingerprint density at radius 1 is 1.05 bits per heavy atom. The van der Waals surface area contributed by atoms with Crippen molar-refractivity contribution < 1.29 is 14.3 Å². The topological polar surface area (TPSA) is 73.6 Å². The first kappa shape index (κ1) is 16.3. The van der Waals surface area contributed by atoms with Gasteiger partial charge in [0, 0.05) is 11.3 Å². The van der Waals surface area contributed by atoms with E-state index in [0.29, 0.717) is 22.7 Å². The molecule has 7 heteroatoms. The number of carbonyl (C=O) groups is 1. The molecule has 2 rings (SSSR count). The van der Waals surface area contributed by atoms with Crippen LogP contribution < -0.4 is 20.5 Å². The van der Waals surface area contributed by atoms with Crippen molar-refractivity contribution in [3.8, 4) is 11.5 Å². The predicted octanol–water partition coefficient (Wildman–Crippen LogP) is 3.85. The summed E-state index contributed by atoms with van der Waals surface area (Å²) in [5.74, 6) is 0.666. The summed E-state index contributed by atoms with van der Waals surface area (Å²) in [7, 11) is 3.02. The van der Waals surface area contributed by atoms with Crippen LogP contribution in [0.15, 0.2) is 30.3 Å². The molecule has 116 valence electrons. The van der Waals surface area contributed by atoms with Crippen LogP contribution >= 0.6 is 23.2 Å². The molecule has 2 aromatic carbocycles. The Morgan fingerprint density at radius 3 is 2.18 bits per heavy atom. The van der Waals surface area contributed by atoms with Crippen LogP contribution in [0.3, 0.4) is 0 Å². The molecular weight excluding hydrogens is 327 g/mol. The van der Waals surface area contributed by atoms with Gasteiger partial charge < -0.3 is 20.5 Å². The molecule has 3 N–H and O–H groups in total. The van der Waals surface area contributed by atoms with Crippen LogP contribution in [0.4, 0.5) is 11.4 Å². The average molecular weight is 341 g/mol. The second-order valence-corrected chi connectivity index (χ2v) is 5.19. The molecule has 0 fully saturated rings. The monoisotopic (exact) mass is 340 g/mol. The molecule has 0 saturated heterocycles. The minimum Gasteiger partial charge on any atom is -0.493 e. The van der Waals surface area contributed by atoms with Crippen molar-refractivity contribution in [1.82, 2.24) is 0 Å². The third-order valence-electron chi connectivity index (χ3n) is 2.98. The van der Waals surface area contributed by atoms with Crippen molar-refractivity contribution in [2.24, 2.45) is 0 Å². The average Bonchev–Trinajstić information content (AvgIpc) is 2.51. The molecule has 22 heavy (non-hydrogen) atoms. The quantitative estimate of drug-likeness (QED) is 0.829. The first-order valence-corrected chi connectivity index (χ1v) is 6.99. The third-order valence-corrected chi connectivity index (χ3v) is 3.61. The number of halogens is 2. The maximum absolute atomic E-state index is 12.3. The highest BCUT2D eigenvalue weighted by Gasteiger charge is 2.12. The van der Waals surface area contributed by atoms with Crippen molar-refractivity contribution in [2.45, 2.75) is 0 Å². The van der Waals surface area contributed by atoms with Gasteiger partial charge in [0.1, 0.15) is 0 Å². The molecule has 0 saturated carbocycles. The number of methoxy groups -OCH3 is 2. The van der Waals surface area contributed by atoms with Crippen LogP contribution in [0.2, 0.25) is 10.0 Å². The van der Waals surface area contributed by atoms with E-state index in [9.17, 15) is 4.79 Å². The maximum atomic E-state index is 12.3. The smallest absolute Gasteiger partial charge is 0.255 e. The Bertz CT molecular complexity index is 697. The number of hydrogen-bond acceptors (Lipinski definition) is 4. The number of amides is 1. The second kappa shape index (κ2) is 6.77. The van der Waals surface area contributed by atoms with E-state index < -0.39 is 0 Å². The molecular formula is C15H14Cl2N2O3. The molecule has 0 unspecified atom stereocenters. The number of nitrogens with one attached hydrogen (secondary N) is 1. The number of benzene rings is 2. The summed E-state index contributed by atoms with van der Waals surface area (Å²) in [6.07, 6.45) is 0.